The number of nitrogens with one attached hydrogen (secondary N) is 2. The van der Waals surface area contributed by atoms with Crippen molar-refractivity contribution in [2.75, 3.05) is 61.1 Å². The Morgan fingerprint density at radius 2 is 1.74 bits per heavy atom. The maximum Gasteiger partial charge on any atom is 0.232 e. The summed E-state index contributed by atoms with van der Waals surface area (Å²) in [5.41, 5.74) is 1.14. The summed E-state index contributed by atoms with van der Waals surface area (Å²) < 4.78 is 5.70. The molecule has 9 heteroatoms. The Kier molecular flexibility index (Phi) is 9.23. The molecule has 2 aromatic rings. The predicted octanol–water partition coefficient (Wildman–Crippen LogP) is 5.78. The van der Waals surface area contributed by atoms with Gasteiger partial charge in [-0.2, -0.15) is 9.97 Å². The molecule has 0 amide bonds. The van der Waals surface area contributed by atoms with Gasteiger partial charge in [-0.25, -0.2) is 0 Å². The molecule has 3 aliphatic rings. The second-order valence-corrected chi connectivity index (χ2v) is 12.1. The normalized spacial score (nSPS) is 22.0. The van der Waals surface area contributed by atoms with Crippen LogP contribution in [0.25, 0.3) is 0 Å². The van der Waals surface area contributed by atoms with Crippen LogP contribution in [0.2, 0.25) is 5.02 Å². The Hall–Kier alpha value is -2.16. The van der Waals surface area contributed by atoms with Crippen LogP contribution in [-0.2, 0) is 10.2 Å². The maximum absolute atomic E-state index is 6.36. The fourth-order valence-corrected chi connectivity index (χ4v) is 6.40. The van der Waals surface area contributed by atoms with Crippen LogP contribution in [0, 0.1) is 5.92 Å². The number of nitrogens with zero attached hydrogens (tertiary/aromatic N) is 4. The standard InChI is InChI=1S/C29H41ClN6OS/c1-22-8-7-15-36(20-22)26-19-25(35-13-4-2-3-5-14-35)32-27(33-26)34-28(38)31-21-29(11-16-37-17-12-29)23-9-6-10-24(30)18-23/h6,9-10,18-19,22H,2-5,7-8,11-17,20-21H2,1H3,(H2,31,32,33,34,38)/t22-/m0/s1. The van der Waals surface area contributed by atoms with E-state index in [2.05, 4.69) is 45.6 Å². The largest absolute Gasteiger partial charge is 0.381 e. The van der Waals surface area contributed by atoms with Gasteiger partial charge in [0.1, 0.15) is 11.6 Å². The summed E-state index contributed by atoms with van der Waals surface area (Å²) >= 11 is 12.1. The van der Waals surface area contributed by atoms with Crippen LogP contribution >= 0.6 is 23.8 Å². The number of ether oxygens (including phenoxy) is 1. The number of halogens is 1. The quantitative estimate of drug-likeness (QED) is 0.434. The molecule has 0 unspecified atom stereocenters. The third-order valence-corrected chi connectivity index (χ3v) is 8.79. The first-order valence-electron chi connectivity index (χ1n) is 14.3. The van der Waals surface area contributed by atoms with Gasteiger partial charge >= 0.3 is 0 Å². The lowest BCUT2D eigenvalue weighted by atomic mass is 9.74. The second-order valence-electron chi connectivity index (χ2n) is 11.2. The van der Waals surface area contributed by atoms with Gasteiger partial charge in [0.15, 0.2) is 5.11 Å². The van der Waals surface area contributed by atoms with Gasteiger partial charge in [0.05, 0.1) is 0 Å². The number of hydrogen-bond donors (Lipinski definition) is 2. The minimum atomic E-state index is -0.0846. The first-order chi connectivity index (χ1) is 18.5. The van der Waals surface area contributed by atoms with E-state index in [1.54, 1.807) is 0 Å². The highest BCUT2D eigenvalue weighted by atomic mass is 35.5. The van der Waals surface area contributed by atoms with Crippen molar-refractivity contribution < 1.29 is 4.74 Å². The zero-order valence-corrected chi connectivity index (χ0v) is 24.1. The fourth-order valence-electron chi connectivity index (χ4n) is 6.04. The zero-order valence-electron chi connectivity index (χ0n) is 22.6. The van der Waals surface area contributed by atoms with E-state index in [1.165, 1.54) is 44.1 Å². The number of piperidine rings is 1. The molecule has 7 nitrogen and oxygen atoms in total. The summed E-state index contributed by atoms with van der Waals surface area (Å²) in [6.07, 6.45) is 9.30. The first kappa shape index (κ1) is 27.4. The average molecular weight is 557 g/mol. The lowest BCUT2D eigenvalue weighted by Gasteiger charge is -2.38. The van der Waals surface area contributed by atoms with Gasteiger partial charge in [0, 0.05) is 62.4 Å². The van der Waals surface area contributed by atoms with Gasteiger partial charge < -0.3 is 25.2 Å². The summed E-state index contributed by atoms with van der Waals surface area (Å²) in [5.74, 6) is 3.24. The molecule has 2 N–H and O–H groups in total. The Morgan fingerprint density at radius 3 is 2.45 bits per heavy atom. The first-order valence-corrected chi connectivity index (χ1v) is 15.1. The van der Waals surface area contributed by atoms with Crippen molar-refractivity contribution in [2.45, 2.75) is 63.7 Å². The maximum atomic E-state index is 6.36. The molecule has 3 fully saturated rings. The lowest BCUT2D eigenvalue weighted by Crippen LogP contribution is -2.45. The number of hydrogen-bond acceptors (Lipinski definition) is 6. The summed E-state index contributed by atoms with van der Waals surface area (Å²) in [7, 11) is 0. The van der Waals surface area contributed by atoms with Crippen molar-refractivity contribution in [1.29, 1.82) is 0 Å². The van der Waals surface area contributed by atoms with Gasteiger partial charge in [-0.15, -0.1) is 0 Å². The Balaban J connectivity index is 1.33. The third kappa shape index (κ3) is 6.88. The van der Waals surface area contributed by atoms with Crippen LogP contribution in [0.3, 0.4) is 0 Å². The molecule has 0 radical (unpaired) electrons. The Labute approximate surface area is 237 Å². The number of rotatable bonds is 6. The molecule has 0 bridgehead atoms. The van der Waals surface area contributed by atoms with Gasteiger partial charge in [-0.05, 0) is 74.4 Å². The minimum absolute atomic E-state index is 0.0846. The molecular formula is C29H41ClN6OS. The van der Waals surface area contributed by atoms with Crippen LogP contribution < -0.4 is 20.4 Å². The molecule has 0 spiro atoms. The van der Waals surface area contributed by atoms with E-state index in [0.717, 1.165) is 68.9 Å². The highest BCUT2D eigenvalue weighted by molar-refractivity contribution is 7.80. The number of anilines is 3. The highest BCUT2D eigenvalue weighted by Crippen LogP contribution is 2.35. The summed E-state index contributed by atoms with van der Waals surface area (Å²) in [5, 5.41) is 8.13. The SMILES string of the molecule is C[C@H]1CCCN(c2cc(N3CCCCCC3)nc(NC(=S)NCC3(c4cccc(Cl)c4)CCOCC3)n2)C1. The number of aromatic nitrogens is 2. The van der Waals surface area contributed by atoms with E-state index < -0.39 is 0 Å². The predicted molar refractivity (Wildman–Crippen MR) is 161 cm³/mol. The molecule has 1 aromatic heterocycles. The topological polar surface area (TPSA) is 65.5 Å². The second kappa shape index (κ2) is 12.8. The third-order valence-electron chi connectivity index (χ3n) is 8.31. The van der Waals surface area contributed by atoms with Crippen molar-refractivity contribution >= 4 is 46.5 Å². The Morgan fingerprint density at radius 1 is 1.03 bits per heavy atom. The van der Waals surface area contributed by atoms with E-state index >= 15 is 0 Å². The molecule has 0 saturated carbocycles. The fraction of sp³-hybridized carbons (Fsp3) is 0.621. The molecule has 4 heterocycles. The summed E-state index contributed by atoms with van der Waals surface area (Å²) in [6.45, 7) is 8.63. The smallest absolute Gasteiger partial charge is 0.232 e. The monoisotopic (exact) mass is 556 g/mol. The number of benzene rings is 1. The van der Waals surface area contributed by atoms with Crippen molar-refractivity contribution in [2.24, 2.45) is 5.92 Å². The molecule has 3 saturated heterocycles. The molecule has 1 atom stereocenters. The minimum Gasteiger partial charge on any atom is -0.381 e. The molecule has 206 valence electrons. The molecule has 38 heavy (non-hydrogen) atoms. The van der Waals surface area contributed by atoms with Crippen molar-refractivity contribution in [1.82, 2.24) is 15.3 Å². The lowest BCUT2D eigenvalue weighted by molar-refractivity contribution is 0.0515. The van der Waals surface area contributed by atoms with Crippen LogP contribution in [-0.4, -0.2) is 61.0 Å². The van der Waals surface area contributed by atoms with Crippen molar-refractivity contribution in [3.8, 4) is 0 Å². The summed E-state index contributed by atoms with van der Waals surface area (Å²) in [6, 6.07) is 10.4. The number of thiocarbonyl (C=S) groups is 1. The van der Waals surface area contributed by atoms with Gasteiger partial charge in [-0.1, -0.05) is 43.5 Å². The van der Waals surface area contributed by atoms with Gasteiger partial charge in [-0.3, -0.25) is 0 Å². The van der Waals surface area contributed by atoms with Crippen LogP contribution in [0.4, 0.5) is 17.6 Å². The van der Waals surface area contributed by atoms with Gasteiger partial charge in [0.2, 0.25) is 5.95 Å². The molecule has 5 rings (SSSR count). The van der Waals surface area contributed by atoms with Gasteiger partial charge in [0.25, 0.3) is 0 Å². The van der Waals surface area contributed by atoms with E-state index in [-0.39, 0.29) is 5.41 Å². The zero-order chi connectivity index (χ0) is 26.4. The molecule has 3 aliphatic heterocycles. The Bertz CT molecular complexity index is 1070. The molecule has 0 aliphatic carbocycles. The van der Waals surface area contributed by atoms with Crippen molar-refractivity contribution in [3.63, 3.8) is 0 Å². The summed E-state index contributed by atoms with van der Waals surface area (Å²) in [4.78, 5) is 14.7. The molecular weight excluding hydrogens is 516 g/mol. The van der Waals surface area contributed by atoms with Crippen LogP contribution in [0.5, 0.6) is 0 Å². The van der Waals surface area contributed by atoms with E-state index in [9.17, 15) is 0 Å². The average Bonchev–Trinajstić information content (AvgIpc) is 3.22. The van der Waals surface area contributed by atoms with E-state index in [4.69, 9.17) is 38.5 Å². The van der Waals surface area contributed by atoms with Crippen LogP contribution in [0.15, 0.2) is 30.3 Å². The van der Waals surface area contributed by atoms with Crippen LogP contribution in [0.1, 0.15) is 63.9 Å². The molecule has 1 aromatic carbocycles. The van der Waals surface area contributed by atoms with E-state index in [0.29, 0.717) is 23.5 Å². The van der Waals surface area contributed by atoms with Crippen molar-refractivity contribution in [3.05, 3.63) is 40.9 Å². The highest BCUT2D eigenvalue weighted by Gasteiger charge is 2.35. The van der Waals surface area contributed by atoms with E-state index in [1.807, 2.05) is 12.1 Å².